The van der Waals surface area contributed by atoms with E-state index in [0.717, 1.165) is 5.56 Å². The van der Waals surface area contributed by atoms with Crippen LogP contribution in [0.3, 0.4) is 0 Å². The summed E-state index contributed by atoms with van der Waals surface area (Å²) in [7, 11) is 0. The van der Waals surface area contributed by atoms with Gasteiger partial charge in [-0.3, -0.25) is 4.79 Å². The van der Waals surface area contributed by atoms with Crippen molar-refractivity contribution in [3.05, 3.63) is 48.0 Å². The Morgan fingerprint density at radius 2 is 1.80 bits per heavy atom. The van der Waals surface area contributed by atoms with Gasteiger partial charge in [-0.05, 0) is 22.6 Å². The zero-order valence-corrected chi connectivity index (χ0v) is 9.71. The molecule has 0 unspecified atom stereocenters. The van der Waals surface area contributed by atoms with Crippen molar-refractivity contribution in [2.24, 2.45) is 0 Å². The van der Waals surface area contributed by atoms with Crippen LogP contribution in [-0.2, 0) is 16.6 Å². The highest BCUT2D eigenvalue weighted by Crippen LogP contribution is 2.22. The standard InChI is InChI=1S/C14H18O/c1-5-13(15)10-11-6-8-12(9-7-11)14(2,3)4/h5-9H,1,10H2,2-4H3. The molecule has 1 rings (SSSR count). The second-order valence-electron chi connectivity index (χ2n) is 4.79. The maximum Gasteiger partial charge on any atom is 0.159 e. The highest BCUT2D eigenvalue weighted by Gasteiger charge is 2.12. The summed E-state index contributed by atoms with van der Waals surface area (Å²) in [6.07, 6.45) is 1.82. The number of allylic oxidation sites excluding steroid dienone is 1. The fourth-order valence-corrected chi connectivity index (χ4v) is 1.40. The molecule has 0 saturated carbocycles. The summed E-state index contributed by atoms with van der Waals surface area (Å²) in [5, 5.41) is 0. The molecule has 0 radical (unpaired) electrons. The zero-order chi connectivity index (χ0) is 11.5. The Morgan fingerprint density at radius 1 is 1.27 bits per heavy atom. The molecule has 0 spiro atoms. The third-order valence-electron chi connectivity index (χ3n) is 2.43. The lowest BCUT2D eigenvalue weighted by molar-refractivity contribution is -0.114. The number of hydrogen-bond donors (Lipinski definition) is 0. The molecule has 1 nitrogen and oxygen atoms in total. The first-order valence-corrected chi connectivity index (χ1v) is 5.18. The van der Waals surface area contributed by atoms with Crippen LogP contribution in [0.2, 0.25) is 0 Å². The second kappa shape index (κ2) is 4.43. The molecule has 0 aliphatic carbocycles. The number of carbonyl (C=O) groups is 1. The predicted molar refractivity (Wildman–Crippen MR) is 64.1 cm³/mol. The van der Waals surface area contributed by atoms with E-state index in [1.807, 2.05) is 12.1 Å². The van der Waals surface area contributed by atoms with Crippen LogP contribution in [-0.4, -0.2) is 5.78 Å². The molecule has 15 heavy (non-hydrogen) atoms. The van der Waals surface area contributed by atoms with E-state index < -0.39 is 0 Å². The fraction of sp³-hybridized carbons (Fsp3) is 0.357. The van der Waals surface area contributed by atoms with Crippen LogP contribution >= 0.6 is 0 Å². The molecule has 1 aromatic carbocycles. The van der Waals surface area contributed by atoms with E-state index in [2.05, 4.69) is 39.5 Å². The summed E-state index contributed by atoms with van der Waals surface area (Å²) in [6.45, 7) is 10.00. The van der Waals surface area contributed by atoms with Gasteiger partial charge in [0.15, 0.2) is 5.78 Å². The summed E-state index contributed by atoms with van der Waals surface area (Å²) in [4.78, 5) is 11.1. The molecule has 80 valence electrons. The van der Waals surface area contributed by atoms with Crippen LogP contribution in [0.1, 0.15) is 31.9 Å². The minimum atomic E-state index is 0.0681. The van der Waals surface area contributed by atoms with E-state index in [9.17, 15) is 4.79 Å². The number of ketones is 1. The monoisotopic (exact) mass is 202 g/mol. The Balaban J connectivity index is 2.81. The van der Waals surface area contributed by atoms with Gasteiger partial charge in [-0.1, -0.05) is 51.6 Å². The molecule has 0 aliphatic heterocycles. The molecule has 0 saturated heterocycles. The third-order valence-corrected chi connectivity index (χ3v) is 2.43. The van der Waals surface area contributed by atoms with Gasteiger partial charge in [-0.2, -0.15) is 0 Å². The number of carbonyl (C=O) groups excluding carboxylic acids is 1. The smallest absolute Gasteiger partial charge is 0.159 e. The molecule has 0 aliphatic rings. The quantitative estimate of drug-likeness (QED) is 0.687. The average Bonchev–Trinajstić information content (AvgIpc) is 2.17. The van der Waals surface area contributed by atoms with Gasteiger partial charge in [0.1, 0.15) is 0 Å². The molecule has 0 N–H and O–H groups in total. The summed E-state index contributed by atoms with van der Waals surface area (Å²) in [6, 6.07) is 8.21. The van der Waals surface area contributed by atoms with E-state index in [4.69, 9.17) is 0 Å². The Kier molecular flexibility index (Phi) is 3.46. The highest BCUT2D eigenvalue weighted by atomic mass is 16.1. The Morgan fingerprint density at radius 3 is 2.20 bits per heavy atom. The first-order chi connectivity index (χ1) is 6.93. The van der Waals surface area contributed by atoms with Gasteiger partial charge in [0.2, 0.25) is 0 Å². The fourth-order valence-electron chi connectivity index (χ4n) is 1.40. The van der Waals surface area contributed by atoms with Crippen LogP contribution in [0.4, 0.5) is 0 Å². The maximum absolute atomic E-state index is 11.1. The van der Waals surface area contributed by atoms with Crippen LogP contribution in [0.25, 0.3) is 0 Å². The van der Waals surface area contributed by atoms with Crippen LogP contribution < -0.4 is 0 Å². The highest BCUT2D eigenvalue weighted by molar-refractivity contribution is 5.90. The molecule has 1 aromatic rings. The number of hydrogen-bond acceptors (Lipinski definition) is 1. The van der Waals surface area contributed by atoms with E-state index in [1.54, 1.807) is 0 Å². The van der Waals surface area contributed by atoms with Crippen molar-refractivity contribution in [3.63, 3.8) is 0 Å². The third kappa shape index (κ3) is 3.35. The Hall–Kier alpha value is -1.37. The van der Waals surface area contributed by atoms with Crippen LogP contribution in [0.15, 0.2) is 36.9 Å². The summed E-state index contributed by atoms with van der Waals surface area (Å²) in [5.41, 5.74) is 2.51. The largest absolute Gasteiger partial charge is 0.295 e. The molecule has 0 fully saturated rings. The van der Waals surface area contributed by atoms with Crippen molar-refractivity contribution in [1.82, 2.24) is 0 Å². The van der Waals surface area contributed by atoms with Crippen molar-refractivity contribution in [3.8, 4) is 0 Å². The average molecular weight is 202 g/mol. The van der Waals surface area contributed by atoms with Crippen molar-refractivity contribution in [2.45, 2.75) is 32.6 Å². The van der Waals surface area contributed by atoms with Crippen molar-refractivity contribution < 1.29 is 4.79 Å². The lowest BCUT2D eigenvalue weighted by atomic mass is 9.86. The molecular weight excluding hydrogens is 184 g/mol. The summed E-state index contributed by atoms with van der Waals surface area (Å²) >= 11 is 0. The van der Waals surface area contributed by atoms with Gasteiger partial charge in [-0.15, -0.1) is 0 Å². The number of rotatable bonds is 3. The van der Waals surface area contributed by atoms with Crippen molar-refractivity contribution >= 4 is 5.78 Å². The van der Waals surface area contributed by atoms with E-state index in [1.165, 1.54) is 11.6 Å². The van der Waals surface area contributed by atoms with Gasteiger partial charge < -0.3 is 0 Å². The minimum Gasteiger partial charge on any atom is -0.295 e. The van der Waals surface area contributed by atoms with Gasteiger partial charge in [-0.25, -0.2) is 0 Å². The SMILES string of the molecule is C=CC(=O)Cc1ccc(C(C)(C)C)cc1. The topological polar surface area (TPSA) is 17.1 Å². The van der Waals surface area contributed by atoms with Crippen LogP contribution in [0.5, 0.6) is 0 Å². The first-order valence-electron chi connectivity index (χ1n) is 5.18. The van der Waals surface area contributed by atoms with Gasteiger partial charge >= 0.3 is 0 Å². The number of benzene rings is 1. The van der Waals surface area contributed by atoms with Gasteiger partial charge in [0, 0.05) is 6.42 Å². The normalized spacial score (nSPS) is 11.1. The Labute approximate surface area is 91.8 Å². The lowest BCUT2D eigenvalue weighted by Gasteiger charge is -2.18. The summed E-state index contributed by atoms with van der Waals surface area (Å²) in [5.74, 6) is 0.0681. The van der Waals surface area contributed by atoms with Crippen molar-refractivity contribution in [2.75, 3.05) is 0 Å². The molecule has 0 amide bonds. The molecule has 1 heteroatoms. The maximum atomic E-state index is 11.1. The van der Waals surface area contributed by atoms with Gasteiger partial charge in [0.05, 0.1) is 0 Å². The van der Waals surface area contributed by atoms with Crippen molar-refractivity contribution in [1.29, 1.82) is 0 Å². The molecular formula is C14H18O. The second-order valence-corrected chi connectivity index (χ2v) is 4.79. The zero-order valence-electron chi connectivity index (χ0n) is 9.71. The molecule has 0 bridgehead atoms. The molecule has 0 aromatic heterocycles. The minimum absolute atomic E-state index is 0.0681. The van der Waals surface area contributed by atoms with E-state index in [0.29, 0.717) is 6.42 Å². The Bertz CT molecular complexity index is 352. The van der Waals surface area contributed by atoms with Crippen LogP contribution in [0, 0.1) is 0 Å². The summed E-state index contributed by atoms with van der Waals surface area (Å²) < 4.78 is 0. The lowest BCUT2D eigenvalue weighted by Crippen LogP contribution is -2.10. The van der Waals surface area contributed by atoms with E-state index >= 15 is 0 Å². The molecule has 0 atom stereocenters. The van der Waals surface area contributed by atoms with E-state index in [-0.39, 0.29) is 11.2 Å². The first kappa shape index (κ1) is 11.7. The van der Waals surface area contributed by atoms with Gasteiger partial charge in [0.25, 0.3) is 0 Å². The molecule has 0 heterocycles. The predicted octanol–water partition coefficient (Wildman–Crippen LogP) is 3.28.